The second-order valence-corrected chi connectivity index (χ2v) is 9.16. The molecule has 0 saturated carbocycles. The van der Waals surface area contributed by atoms with E-state index in [1.54, 1.807) is 24.3 Å². The number of rotatable bonds is 9. The van der Waals surface area contributed by atoms with Crippen molar-refractivity contribution in [2.24, 2.45) is 0 Å². The highest BCUT2D eigenvalue weighted by Crippen LogP contribution is 2.40. The van der Waals surface area contributed by atoms with E-state index in [0.29, 0.717) is 17.9 Å². The molecule has 0 bridgehead atoms. The van der Waals surface area contributed by atoms with Crippen LogP contribution in [0.1, 0.15) is 50.4 Å². The Hall–Kier alpha value is -3.16. The summed E-state index contributed by atoms with van der Waals surface area (Å²) in [7, 11) is 0. The van der Waals surface area contributed by atoms with Gasteiger partial charge in [0.05, 0.1) is 38.0 Å². The van der Waals surface area contributed by atoms with Gasteiger partial charge in [0.2, 0.25) is 0 Å². The van der Waals surface area contributed by atoms with Gasteiger partial charge in [0, 0.05) is 12.1 Å². The zero-order chi connectivity index (χ0) is 24.9. The molecule has 2 N–H and O–H groups in total. The van der Waals surface area contributed by atoms with Gasteiger partial charge in [-0.05, 0) is 47.7 Å². The van der Waals surface area contributed by atoms with Gasteiger partial charge in [-0.2, -0.15) is 0 Å². The summed E-state index contributed by atoms with van der Waals surface area (Å²) < 4.78 is 10.8. The van der Waals surface area contributed by atoms with Gasteiger partial charge < -0.3 is 24.6 Å². The number of Topliss-reactive ketones (excluding diaryl/α,β-unsaturated/α-hetero) is 1. The highest BCUT2D eigenvalue weighted by Gasteiger charge is 2.45. The Balaban J connectivity index is 2.05. The van der Waals surface area contributed by atoms with E-state index >= 15 is 0 Å². The van der Waals surface area contributed by atoms with Crippen LogP contribution in [-0.4, -0.2) is 59.8 Å². The van der Waals surface area contributed by atoms with Gasteiger partial charge in [-0.1, -0.05) is 45.0 Å². The third-order valence-corrected chi connectivity index (χ3v) is 5.78. The molecular formula is C27H33NO6. The average Bonchev–Trinajstić information content (AvgIpc) is 3.06. The summed E-state index contributed by atoms with van der Waals surface area (Å²) in [4.78, 5) is 27.5. The summed E-state index contributed by atoms with van der Waals surface area (Å²) in [6.07, 6.45) is 0. The second-order valence-electron chi connectivity index (χ2n) is 9.16. The molecule has 0 spiro atoms. The third kappa shape index (κ3) is 5.48. The first kappa shape index (κ1) is 25.5. The van der Waals surface area contributed by atoms with E-state index < -0.39 is 17.7 Å². The molecule has 1 saturated heterocycles. The lowest BCUT2D eigenvalue weighted by Crippen LogP contribution is -2.33. The number of aliphatic hydroxyl groups is 2. The number of carbonyl (C=O) groups is 2. The summed E-state index contributed by atoms with van der Waals surface area (Å²) >= 11 is 0. The topological polar surface area (TPSA) is 96.3 Å². The molecule has 3 rings (SSSR count). The van der Waals surface area contributed by atoms with Gasteiger partial charge in [0.1, 0.15) is 11.5 Å². The molecular weight excluding hydrogens is 434 g/mol. The largest absolute Gasteiger partial charge is 0.507 e. The number of hydrogen-bond donors (Lipinski definition) is 2. The molecule has 0 unspecified atom stereocenters. The van der Waals surface area contributed by atoms with E-state index in [4.69, 9.17) is 14.6 Å². The van der Waals surface area contributed by atoms with Crippen LogP contribution in [0.15, 0.2) is 54.1 Å². The summed E-state index contributed by atoms with van der Waals surface area (Å²) in [6, 6.07) is 13.8. The maximum atomic E-state index is 13.1. The van der Waals surface area contributed by atoms with E-state index in [1.165, 1.54) is 4.90 Å². The Bertz CT molecular complexity index is 1030. The van der Waals surface area contributed by atoms with Gasteiger partial charge in [-0.15, -0.1) is 0 Å². The maximum Gasteiger partial charge on any atom is 0.295 e. The van der Waals surface area contributed by atoms with Gasteiger partial charge >= 0.3 is 0 Å². The van der Waals surface area contributed by atoms with Crippen LogP contribution in [0.4, 0.5) is 0 Å². The van der Waals surface area contributed by atoms with Gasteiger partial charge in [-0.25, -0.2) is 0 Å². The minimum atomic E-state index is -0.752. The lowest BCUT2D eigenvalue weighted by atomic mass is 9.85. The van der Waals surface area contributed by atoms with Crippen molar-refractivity contribution in [3.8, 4) is 5.75 Å². The fraction of sp³-hybridized carbons (Fsp3) is 0.407. The monoisotopic (exact) mass is 467 g/mol. The van der Waals surface area contributed by atoms with Crippen LogP contribution >= 0.6 is 0 Å². The fourth-order valence-corrected chi connectivity index (χ4v) is 3.98. The van der Waals surface area contributed by atoms with Gasteiger partial charge in [-0.3, -0.25) is 9.59 Å². The summed E-state index contributed by atoms with van der Waals surface area (Å²) in [5.74, 6) is -1.01. The lowest BCUT2D eigenvalue weighted by molar-refractivity contribution is -0.140. The molecule has 1 aliphatic rings. The lowest BCUT2D eigenvalue weighted by Gasteiger charge is -2.26. The molecule has 0 aliphatic carbocycles. The van der Waals surface area contributed by atoms with E-state index in [2.05, 4.69) is 20.8 Å². The second kappa shape index (κ2) is 10.8. The number of ketones is 1. The van der Waals surface area contributed by atoms with E-state index in [1.807, 2.05) is 31.2 Å². The number of likely N-dealkylation sites (tertiary alicyclic amines) is 1. The number of hydrogen-bond acceptors (Lipinski definition) is 6. The van der Waals surface area contributed by atoms with Crippen molar-refractivity contribution in [2.45, 2.75) is 39.2 Å². The summed E-state index contributed by atoms with van der Waals surface area (Å²) in [5, 5.41) is 20.1. The fourth-order valence-electron chi connectivity index (χ4n) is 3.98. The average molecular weight is 468 g/mol. The van der Waals surface area contributed by atoms with E-state index in [0.717, 1.165) is 11.1 Å². The summed E-state index contributed by atoms with van der Waals surface area (Å²) in [5.41, 5.74) is 2.25. The zero-order valence-electron chi connectivity index (χ0n) is 20.2. The third-order valence-electron chi connectivity index (χ3n) is 5.78. The summed E-state index contributed by atoms with van der Waals surface area (Å²) in [6.45, 7) is 9.04. The quantitative estimate of drug-likeness (QED) is 0.252. The van der Waals surface area contributed by atoms with Crippen molar-refractivity contribution < 1.29 is 29.3 Å². The molecule has 7 heteroatoms. The van der Waals surface area contributed by atoms with E-state index in [9.17, 15) is 14.7 Å². The molecule has 2 aromatic carbocycles. The van der Waals surface area contributed by atoms with Crippen molar-refractivity contribution >= 4 is 17.4 Å². The highest BCUT2D eigenvalue weighted by molar-refractivity contribution is 6.46. The minimum Gasteiger partial charge on any atom is -0.507 e. The number of ether oxygens (including phenoxy) is 2. The molecule has 182 valence electrons. The molecule has 2 aromatic rings. The first-order chi connectivity index (χ1) is 16.2. The van der Waals surface area contributed by atoms with Crippen LogP contribution < -0.4 is 4.74 Å². The minimum absolute atomic E-state index is 0.0415. The van der Waals surface area contributed by atoms with Crippen LogP contribution in [-0.2, 0) is 19.7 Å². The predicted octanol–water partition coefficient (Wildman–Crippen LogP) is 3.81. The van der Waals surface area contributed by atoms with Crippen LogP contribution in [0.2, 0.25) is 0 Å². The molecule has 1 amide bonds. The molecule has 0 radical (unpaired) electrons. The standard InChI is InChI=1S/C27H33NO6/c1-5-34-21-12-8-19(9-13-21)24(30)22-23(18-6-10-20(11-7-18)27(2,3)4)28(26(32)25(22)31)14-16-33-17-15-29/h6-13,23,29-30H,5,14-17H2,1-4H3/b24-22+/t23-/m1/s1. The first-order valence-corrected chi connectivity index (χ1v) is 11.5. The van der Waals surface area contributed by atoms with Gasteiger partial charge in [0.15, 0.2) is 0 Å². The van der Waals surface area contributed by atoms with Crippen molar-refractivity contribution in [3.05, 3.63) is 70.8 Å². The van der Waals surface area contributed by atoms with Crippen molar-refractivity contribution in [3.63, 3.8) is 0 Å². The number of amides is 1. The predicted molar refractivity (Wildman–Crippen MR) is 130 cm³/mol. The molecule has 7 nitrogen and oxygen atoms in total. The number of carbonyl (C=O) groups excluding carboxylic acids is 2. The molecule has 1 atom stereocenters. The van der Waals surface area contributed by atoms with Gasteiger partial charge in [0.25, 0.3) is 11.7 Å². The van der Waals surface area contributed by atoms with Crippen LogP contribution in [0, 0.1) is 0 Å². The van der Waals surface area contributed by atoms with Crippen LogP contribution in [0.25, 0.3) is 5.76 Å². The number of aliphatic hydroxyl groups excluding tert-OH is 2. The molecule has 1 fully saturated rings. The van der Waals surface area contributed by atoms with E-state index in [-0.39, 0.29) is 43.1 Å². The number of benzene rings is 2. The van der Waals surface area contributed by atoms with Crippen molar-refractivity contribution in [2.75, 3.05) is 33.0 Å². The normalized spacial score (nSPS) is 17.9. The SMILES string of the molecule is CCOc1ccc(/C(O)=C2\C(=O)C(=O)N(CCOCCO)[C@@H]2c2ccc(C(C)(C)C)cc2)cc1. The Morgan fingerprint density at radius 3 is 2.21 bits per heavy atom. The highest BCUT2D eigenvalue weighted by atomic mass is 16.5. The first-order valence-electron chi connectivity index (χ1n) is 11.5. The Kier molecular flexibility index (Phi) is 8.12. The zero-order valence-corrected chi connectivity index (χ0v) is 20.2. The Labute approximate surface area is 200 Å². The maximum absolute atomic E-state index is 13.1. The molecule has 0 aromatic heterocycles. The van der Waals surface area contributed by atoms with Crippen molar-refractivity contribution in [1.82, 2.24) is 4.90 Å². The molecule has 1 heterocycles. The Morgan fingerprint density at radius 2 is 1.65 bits per heavy atom. The molecule has 34 heavy (non-hydrogen) atoms. The molecule has 1 aliphatic heterocycles. The number of nitrogens with zero attached hydrogens (tertiary/aromatic N) is 1. The van der Waals surface area contributed by atoms with Crippen molar-refractivity contribution in [1.29, 1.82) is 0 Å². The van der Waals surface area contributed by atoms with Crippen LogP contribution in [0.5, 0.6) is 5.75 Å². The Morgan fingerprint density at radius 1 is 1.00 bits per heavy atom. The smallest absolute Gasteiger partial charge is 0.295 e. The van der Waals surface area contributed by atoms with Crippen LogP contribution in [0.3, 0.4) is 0 Å².